The summed E-state index contributed by atoms with van der Waals surface area (Å²) in [5.41, 5.74) is 0. The first-order valence-corrected chi connectivity index (χ1v) is 29.8. The topological polar surface area (TPSA) is 563 Å². The van der Waals surface area contributed by atoms with Crippen molar-refractivity contribution in [3.63, 3.8) is 0 Å². The molecule has 8 fully saturated rings. The smallest absolute Gasteiger partial charge is 0.187 e. The Morgan fingerprint density at radius 2 is 0.528 bits per heavy atom. The summed E-state index contributed by atoms with van der Waals surface area (Å²) in [6, 6.07) is 0. The maximum absolute atomic E-state index is 12.3. The molecule has 89 heavy (non-hydrogen) atoms. The minimum atomic E-state index is -2.25. The summed E-state index contributed by atoms with van der Waals surface area (Å²) in [4.78, 5) is 0. The average molecular weight is 1310 g/mol. The Hall–Kier alpha value is -1.44. The molecule has 8 rings (SSSR count). The summed E-state index contributed by atoms with van der Waals surface area (Å²) in [5, 5.41) is 229. The number of aliphatic hydroxyl groups excluding tert-OH is 21. The molecule has 520 valence electrons. The van der Waals surface area contributed by atoms with E-state index in [0.29, 0.717) is 0 Å². The van der Waals surface area contributed by atoms with E-state index in [0.717, 1.165) is 0 Å². The van der Waals surface area contributed by atoms with Gasteiger partial charge in [-0.15, -0.1) is 0 Å². The van der Waals surface area contributed by atoms with Gasteiger partial charge in [0.25, 0.3) is 0 Å². The fourth-order valence-electron chi connectivity index (χ4n) is 12.3. The lowest BCUT2D eigenvalue weighted by Crippen LogP contribution is -2.67. The highest BCUT2D eigenvalue weighted by Crippen LogP contribution is 2.41. The van der Waals surface area contributed by atoms with Crippen molar-refractivity contribution in [2.24, 2.45) is 23.7 Å². The molecule has 0 aromatic carbocycles. The number of hydrogen-bond acceptors (Lipinski definition) is 36. The summed E-state index contributed by atoms with van der Waals surface area (Å²) in [7, 11) is 0. The van der Waals surface area contributed by atoms with Gasteiger partial charge in [-0.05, 0) is 6.92 Å². The van der Waals surface area contributed by atoms with E-state index >= 15 is 0 Å². The first-order chi connectivity index (χ1) is 42.2. The summed E-state index contributed by atoms with van der Waals surface area (Å²) >= 11 is 0. The van der Waals surface area contributed by atoms with Gasteiger partial charge in [0.15, 0.2) is 44.0 Å². The molecule has 0 spiro atoms. The summed E-state index contributed by atoms with van der Waals surface area (Å²) in [6.45, 7) is 0.609. The van der Waals surface area contributed by atoms with Crippen molar-refractivity contribution in [3.05, 3.63) is 0 Å². The van der Waals surface area contributed by atoms with E-state index in [9.17, 15) is 107 Å². The molecule has 8 saturated heterocycles. The molecule has 16 unspecified atom stereocenters. The molecule has 8 aliphatic heterocycles. The van der Waals surface area contributed by atoms with Crippen LogP contribution >= 0.6 is 0 Å². The molecule has 0 saturated carbocycles. The van der Waals surface area contributed by atoms with Crippen molar-refractivity contribution in [1.29, 1.82) is 0 Å². The number of aliphatic hydroxyl groups is 21. The van der Waals surface area contributed by atoms with E-state index in [1.54, 1.807) is 13.8 Å². The van der Waals surface area contributed by atoms with E-state index in [1.807, 2.05) is 0 Å². The van der Waals surface area contributed by atoms with Gasteiger partial charge >= 0.3 is 0 Å². The molecule has 36 nitrogen and oxygen atoms in total. The minimum Gasteiger partial charge on any atom is -0.394 e. The second kappa shape index (κ2) is 31.6. The fraction of sp³-hybridized carbons (Fsp3) is 1.00. The van der Waals surface area contributed by atoms with Gasteiger partial charge in [0.1, 0.15) is 146 Å². The summed E-state index contributed by atoms with van der Waals surface area (Å²) in [6.07, 6.45) is -61.5. The first kappa shape index (κ1) is 73.4. The number of ether oxygens (including phenoxy) is 15. The van der Waals surface area contributed by atoms with Crippen LogP contribution in [0.25, 0.3) is 0 Å². The number of hydrogen-bond donors (Lipinski definition) is 21. The molecule has 0 bridgehead atoms. The quantitative estimate of drug-likeness (QED) is 0.0479. The van der Waals surface area contributed by atoms with E-state index in [2.05, 4.69) is 0 Å². The van der Waals surface area contributed by atoms with Gasteiger partial charge in [-0.3, -0.25) is 0 Å². The van der Waals surface area contributed by atoms with Crippen LogP contribution in [0.15, 0.2) is 0 Å². The Morgan fingerprint density at radius 1 is 0.225 bits per heavy atom. The van der Waals surface area contributed by atoms with Crippen LogP contribution in [-0.4, -0.2) is 381 Å². The maximum atomic E-state index is 12.3. The lowest BCUT2D eigenvalue weighted by atomic mass is 9.88. The Kier molecular flexibility index (Phi) is 26.1. The second-order valence-corrected chi connectivity index (χ2v) is 24.2. The van der Waals surface area contributed by atoms with Crippen molar-refractivity contribution >= 4 is 0 Å². The lowest BCUT2D eigenvalue weighted by molar-refractivity contribution is -0.399. The zero-order chi connectivity index (χ0) is 65.4. The van der Waals surface area contributed by atoms with Crippen molar-refractivity contribution in [2.75, 3.05) is 52.9 Å². The fourth-order valence-corrected chi connectivity index (χ4v) is 12.3. The van der Waals surface area contributed by atoms with Gasteiger partial charge in [-0.25, -0.2) is 0 Å². The average Bonchev–Trinajstić information content (AvgIpc) is 1.06. The molecule has 0 aliphatic carbocycles. The van der Waals surface area contributed by atoms with Gasteiger partial charge in [-0.2, -0.15) is 0 Å². The van der Waals surface area contributed by atoms with Gasteiger partial charge in [0.05, 0.1) is 83.4 Å². The Labute approximate surface area is 509 Å². The molecule has 0 radical (unpaired) electrons. The number of rotatable bonds is 22. The Morgan fingerprint density at radius 3 is 0.989 bits per heavy atom. The highest BCUT2D eigenvalue weighted by atomic mass is 16.8. The standard InChI is InChI=1S/C53H92O36/c1-14-18(5)76-23(10-58)41(28(14)62)84-48-16(3)29(63)43(25(12-60)81-48)86-51-40(74)44(87-53-46(38(72)34(68)22(9-57)80-53)89-47-15(2)27(61)31(65)19(6-54)77-47)35(69)26(83-51)13-75-52-45(37(71)33(67)21(8-56)79-52)88-49-17(4)30(64)42(24(11-59)82-49)85-50-39(73)36(70)32(66)20(7-55)78-50/h14-74H,6-13H2,1-5H3/t14-,15+,16+,17?,18+,19?,20?,21?,22-,23?,24+,25?,26?,27?,28?,29?,30?,31-,32+,33-,34-,35-,36?,37?,38?,39+,40-,41-,42-,43-,44?,45-,46?,47+,48+,49+,50+,51+,52+,53-/m1/s1. The molecule has 40 atom stereocenters. The monoisotopic (exact) mass is 1300 g/mol. The zero-order valence-corrected chi connectivity index (χ0v) is 49.3. The van der Waals surface area contributed by atoms with Crippen LogP contribution in [0.3, 0.4) is 0 Å². The molecule has 0 amide bonds. The van der Waals surface area contributed by atoms with Crippen molar-refractivity contribution in [2.45, 2.75) is 256 Å². The van der Waals surface area contributed by atoms with E-state index in [1.165, 1.54) is 20.8 Å². The maximum Gasteiger partial charge on any atom is 0.187 e. The molecule has 0 aromatic heterocycles. The van der Waals surface area contributed by atoms with Crippen LogP contribution in [0.2, 0.25) is 0 Å². The van der Waals surface area contributed by atoms with Gasteiger partial charge < -0.3 is 178 Å². The predicted molar refractivity (Wildman–Crippen MR) is 281 cm³/mol. The Bertz CT molecular complexity index is 2120. The Balaban J connectivity index is 1.07. The van der Waals surface area contributed by atoms with Crippen LogP contribution in [-0.2, 0) is 71.1 Å². The van der Waals surface area contributed by atoms with Crippen LogP contribution in [0.5, 0.6) is 0 Å². The SMILES string of the molecule is CC1C(O)[C@H](O[C@@H]2OC(CO)[C@H](O)C(O)[C@@H]2O)[C@H](CO)O[C@H]1O[C@@H]1C(O)[C@H](O)C(CO)O[C@@H]1OCC1O[C@@H](O[C@@H]2C(CO)O[C@@H](O[C@@H]3C(CO)O[C@@H](C)[C@@H](C)C3O)[C@@H](C)C2O)[C@H](O)C(O[C@H]2O[C@H](CO)[C@@H](O)C(O)C2O[C@@H]2OC(CO)[C@@H](O)C(O)[C@@H]2C)[C@@H]1O. The molecule has 36 heteroatoms. The van der Waals surface area contributed by atoms with Crippen molar-refractivity contribution in [3.8, 4) is 0 Å². The third-order valence-corrected chi connectivity index (χ3v) is 18.4. The minimum absolute atomic E-state index is 0.496. The molecular formula is C53H92O36. The highest BCUT2D eigenvalue weighted by Gasteiger charge is 2.59. The summed E-state index contributed by atoms with van der Waals surface area (Å²) < 4.78 is 89.6. The molecule has 21 N–H and O–H groups in total. The van der Waals surface area contributed by atoms with E-state index in [-0.39, 0.29) is 0 Å². The van der Waals surface area contributed by atoms with Crippen LogP contribution in [0.1, 0.15) is 34.6 Å². The summed E-state index contributed by atoms with van der Waals surface area (Å²) in [5.74, 6) is -3.97. The van der Waals surface area contributed by atoms with E-state index < -0.39 is 298 Å². The largest absolute Gasteiger partial charge is 0.394 e. The third kappa shape index (κ3) is 15.2. The van der Waals surface area contributed by atoms with Crippen LogP contribution < -0.4 is 0 Å². The van der Waals surface area contributed by atoms with Gasteiger partial charge in [-0.1, -0.05) is 27.7 Å². The van der Waals surface area contributed by atoms with Gasteiger partial charge in [0.2, 0.25) is 0 Å². The normalized spacial score (nSPS) is 53.6. The molecule has 8 heterocycles. The zero-order valence-electron chi connectivity index (χ0n) is 49.3. The molecule has 0 aromatic rings. The molecule has 8 aliphatic rings. The lowest BCUT2D eigenvalue weighted by Gasteiger charge is -2.50. The van der Waals surface area contributed by atoms with Crippen LogP contribution in [0, 0.1) is 23.7 Å². The highest BCUT2D eigenvalue weighted by molar-refractivity contribution is 5.01. The van der Waals surface area contributed by atoms with Gasteiger partial charge in [0, 0.05) is 23.7 Å². The second-order valence-electron chi connectivity index (χ2n) is 24.2. The van der Waals surface area contributed by atoms with E-state index in [4.69, 9.17) is 71.1 Å². The van der Waals surface area contributed by atoms with Crippen LogP contribution in [0.4, 0.5) is 0 Å². The first-order valence-electron chi connectivity index (χ1n) is 29.8. The third-order valence-electron chi connectivity index (χ3n) is 18.4. The molecular weight excluding hydrogens is 1210 g/mol. The van der Waals surface area contributed by atoms with Crippen molar-refractivity contribution in [1.82, 2.24) is 0 Å². The van der Waals surface area contributed by atoms with Crippen molar-refractivity contribution < 1.29 is 178 Å². The predicted octanol–water partition coefficient (Wildman–Crippen LogP) is -12.3.